The number of halogens is 5. The highest BCUT2D eigenvalue weighted by atomic mass is 19.4. The topological polar surface area (TPSA) is 101 Å². The van der Waals surface area contributed by atoms with Gasteiger partial charge in [0.1, 0.15) is 5.69 Å². The quantitative estimate of drug-likeness (QED) is 0.296. The number of amides is 2. The normalized spacial score (nSPS) is 15.5. The minimum absolute atomic E-state index is 0.0402. The molecule has 230 valence electrons. The van der Waals surface area contributed by atoms with Crippen LogP contribution in [0.1, 0.15) is 98.4 Å². The molecule has 2 aliphatic carbocycles. The van der Waals surface area contributed by atoms with E-state index in [0.29, 0.717) is 35.4 Å². The lowest BCUT2D eigenvalue weighted by Crippen LogP contribution is -2.24. The second kappa shape index (κ2) is 15.5. The second-order valence-corrected chi connectivity index (χ2v) is 10.4. The standard InChI is InChI=1S/C20H21F3N6O2.C6H10F2.C3H6/c1-2-13-4-6-24-16(7-13)19(31)26-11-15-12-29-17(28-15)8-14(10-27-29)9-25-18(30)3-5-20(21,22)23;7-6(8)4-2-1-3-5-6;1-2-3-1/h4,6-8,10,12H,2-3,5,9,11H2,1H3,(H,25,30)(H,26,31);1-5H2;1-3H2. The van der Waals surface area contributed by atoms with E-state index < -0.39 is 30.8 Å². The van der Waals surface area contributed by atoms with Gasteiger partial charge in [0.05, 0.1) is 31.1 Å². The van der Waals surface area contributed by atoms with Crippen molar-refractivity contribution in [3.05, 3.63) is 59.3 Å². The van der Waals surface area contributed by atoms with Crippen LogP contribution in [0, 0.1) is 0 Å². The van der Waals surface area contributed by atoms with Gasteiger partial charge in [-0.25, -0.2) is 18.3 Å². The molecule has 0 spiro atoms. The number of fused-ring (bicyclic) bond motifs is 1. The zero-order valence-electron chi connectivity index (χ0n) is 23.7. The molecule has 3 aromatic rings. The summed E-state index contributed by atoms with van der Waals surface area (Å²) in [6.07, 6.45) is 6.53. The zero-order valence-corrected chi connectivity index (χ0v) is 23.7. The third kappa shape index (κ3) is 12.5. The monoisotopic (exact) mass is 596 g/mol. The Kier molecular flexibility index (Phi) is 12.2. The number of alkyl halides is 5. The Bertz CT molecular complexity index is 1300. The van der Waals surface area contributed by atoms with E-state index in [2.05, 4.69) is 25.7 Å². The van der Waals surface area contributed by atoms with E-state index in [4.69, 9.17) is 0 Å². The summed E-state index contributed by atoms with van der Waals surface area (Å²) in [5.41, 5.74) is 2.98. The molecule has 2 N–H and O–H groups in total. The van der Waals surface area contributed by atoms with Gasteiger partial charge < -0.3 is 10.6 Å². The molecule has 3 aromatic heterocycles. The highest BCUT2D eigenvalue weighted by molar-refractivity contribution is 5.92. The number of rotatable bonds is 8. The first-order valence-electron chi connectivity index (χ1n) is 14.2. The number of nitrogens with one attached hydrogen (secondary N) is 2. The van der Waals surface area contributed by atoms with Crippen LogP contribution in [-0.4, -0.2) is 43.5 Å². The molecule has 0 radical (unpaired) electrons. The highest BCUT2D eigenvalue weighted by Gasteiger charge is 2.30. The summed E-state index contributed by atoms with van der Waals surface area (Å²) in [5.74, 6) is -3.33. The fourth-order valence-corrected chi connectivity index (χ4v) is 3.84. The van der Waals surface area contributed by atoms with Crippen molar-refractivity contribution in [1.29, 1.82) is 0 Å². The van der Waals surface area contributed by atoms with E-state index in [1.807, 2.05) is 13.0 Å². The third-order valence-corrected chi connectivity index (χ3v) is 6.39. The van der Waals surface area contributed by atoms with E-state index in [1.54, 1.807) is 24.5 Å². The average Bonchev–Trinajstić information content (AvgIpc) is 3.79. The van der Waals surface area contributed by atoms with Gasteiger partial charge in [-0.1, -0.05) is 32.6 Å². The summed E-state index contributed by atoms with van der Waals surface area (Å²) in [4.78, 5) is 32.3. The minimum Gasteiger partial charge on any atom is -0.352 e. The Balaban J connectivity index is 0.000000364. The molecule has 0 aliphatic heterocycles. The van der Waals surface area contributed by atoms with Gasteiger partial charge in [0.15, 0.2) is 5.65 Å². The molecule has 0 bridgehead atoms. The Morgan fingerprint density at radius 3 is 2.26 bits per heavy atom. The molecule has 8 nitrogen and oxygen atoms in total. The molecule has 13 heteroatoms. The lowest BCUT2D eigenvalue weighted by Gasteiger charge is -2.20. The summed E-state index contributed by atoms with van der Waals surface area (Å²) < 4.78 is 62.4. The van der Waals surface area contributed by atoms with Crippen LogP contribution in [0.5, 0.6) is 0 Å². The zero-order chi connectivity index (χ0) is 30.6. The van der Waals surface area contributed by atoms with Gasteiger partial charge in [0.25, 0.3) is 5.91 Å². The lowest BCUT2D eigenvalue weighted by molar-refractivity contribution is -0.144. The number of aryl methyl sites for hydroxylation is 1. The van der Waals surface area contributed by atoms with E-state index in [9.17, 15) is 31.5 Å². The number of hydrogen-bond donors (Lipinski definition) is 2. The van der Waals surface area contributed by atoms with Crippen LogP contribution in [0.25, 0.3) is 5.65 Å². The van der Waals surface area contributed by atoms with Crippen LogP contribution in [0.4, 0.5) is 22.0 Å². The summed E-state index contributed by atoms with van der Waals surface area (Å²) in [6, 6.07) is 5.24. The van der Waals surface area contributed by atoms with Crippen LogP contribution in [0.2, 0.25) is 0 Å². The van der Waals surface area contributed by atoms with Crippen LogP contribution in [0.3, 0.4) is 0 Å². The second-order valence-electron chi connectivity index (χ2n) is 10.4. The molecule has 2 amide bonds. The molecular weight excluding hydrogens is 559 g/mol. The maximum atomic E-state index is 12.3. The van der Waals surface area contributed by atoms with Crippen LogP contribution >= 0.6 is 0 Å². The smallest absolute Gasteiger partial charge is 0.352 e. The Morgan fingerprint density at radius 1 is 0.976 bits per heavy atom. The van der Waals surface area contributed by atoms with E-state index in [0.717, 1.165) is 18.4 Å². The first-order valence-corrected chi connectivity index (χ1v) is 14.2. The molecule has 2 saturated carbocycles. The number of carbonyl (C=O) groups excluding carboxylic acids is 2. The first-order chi connectivity index (χ1) is 19.9. The lowest BCUT2D eigenvalue weighted by atomic mass is 9.97. The van der Waals surface area contributed by atoms with Gasteiger partial charge in [-0.2, -0.15) is 18.3 Å². The van der Waals surface area contributed by atoms with E-state index in [-0.39, 0.29) is 31.8 Å². The average molecular weight is 597 g/mol. The Hall–Kier alpha value is -3.64. The van der Waals surface area contributed by atoms with Gasteiger partial charge in [-0.05, 0) is 48.6 Å². The third-order valence-electron chi connectivity index (χ3n) is 6.39. The fraction of sp³-hybridized carbons (Fsp3) is 0.552. The number of imidazole rings is 1. The Labute approximate surface area is 241 Å². The van der Waals surface area contributed by atoms with Crippen molar-refractivity contribution < 1.29 is 31.5 Å². The van der Waals surface area contributed by atoms with Gasteiger partial charge in [-0.15, -0.1) is 0 Å². The molecule has 2 aliphatic rings. The molecule has 42 heavy (non-hydrogen) atoms. The summed E-state index contributed by atoms with van der Waals surface area (Å²) >= 11 is 0. The number of nitrogens with zero attached hydrogens (tertiary/aromatic N) is 4. The molecule has 0 aromatic carbocycles. The van der Waals surface area contributed by atoms with Crippen LogP contribution in [-0.2, 0) is 24.3 Å². The number of aromatic nitrogens is 4. The van der Waals surface area contributed by atoms with Crippen LogP contribution < -0.4 is 10.6 Å². The van der Waals surface area contributed by atoms with Crippen molar-refractivity contribution in [2.75, 3.05) is 0 Å². The van der Waals surface area contributed by atoms with E-state index in [1.165, 1.54) is 30.0 Å². The fourth-order valence-electron chi connectivity index (χ4n) is 3.84. The van der Waals surface area contributed by atoms with Gasteiger partial charge in [0, 0.05) is 32.0 Å². The van der Waals surface area contributed by atoms with Gasteiger partial charge >= 0.3 is 6.18 Å². The highest BCUT2D eigenvalue weighted by Crippen LogP contribution is 2.32. The summed E-state index contributed by atoms with van der Waals surface area (Å²) in [7, 11) is 0. The molecule has 0 atom stereocenters. The van der Waals surface area contributed by atoms with Gasteiger partial charge in [-0.3, -0.25) is 14.6 Å². The molecule has 0 saturated heterocycles. The maximum Gasteiger partial charge on any atom is 0.389 e. The predicted octanol–water partition coefficient (Wildman–Crippen LogP) is 6.33. The van der Waals surface area contributed by atoms with Crippen molar-refractivity contribution in [1.82, 2.24) is 30.2 Å². The molecule has 0 unspecified atom stereocenters. The molecule has 3 heterocycles. The van der Waals surface area contributed by atoms with Crippen LogP contribution in [0.15, 0.2) is 36.8 Å². The summed E-state index contributed by atoms with van der Waals surface area (Å²) in [6.45, 7) is 2.20. The van der Waals surface area contributed by atoms with Crippen molar-refractivity contribution in [2.45, 2.75) is 103 Å². The van der Waals surface area contributed by atoms with Crippen molar-refractivity contribution in [2.24, 2.45) is 0 Å². The molecule has 2 fully saturated rings. The molecule has 5 rings (SSSR count). The SMILES string of the molecule is C1CC1.CCc1ccnc(C(=O)NCc2cn3ncc(CNC(=O)CCC(F)(F)F)cc3n2)c1.FC1(F)CCCCC1. The Morgan fingerprint density at radius 2 is 1.67 bits per heavy atom. The molecular formula is C29H37F5N6O2. The van der Waals surface area contributed by atoms with E-state index >= 15 is 0 Å². The number of carbonyl (C=O) groups is 2. The summed E-state index contributed by atoms with van der Waals surface area (Å²) in [5, 5.41) is 9.36. The van der Waals surface area contributed by atoms with Crippen molar-refractivity contribution >= 4 is 17.5 Å². The van der Waals surface area contributed by atoms with Gasteiger partial charge in [0.2, 0.25) is 11.8 Å². The van der Waals surface area contributed by atoms with Crippen molar-refractivity contribution in [3.63, 3.8) is 0 Å². The number of pyridine rings is 1. The minimum atomic E-state index is -4.37. The largest absolute Gasteiger partial charge is 0.389 e. The van der Waals surface area contributed by atoms with Crippen molar-refractivity contribution in [3.8, 4) is 0 Å². The maximum absolute atomic E-state index is 12.3. The first kappa shape index (κ1) is 32.9. The predicted molar refractivity (Wildman–Crippen MR) is 147 cm³/mol. The number of hydrogen-bond acceptors (Lipinski definition) is 5.